The van der Waals surface area contributed by atoms with Gasteiger partial charge in [-0.05, 0) is 62.4 Å². The van der Waals surface area contributed by atoms with Crippen molar-refractivity contribution in [3.8, 4) is 11.5 Å². The summed E-state index contributed by atoms with van der Waals surface area (Å²) in [6, 6.07) is 13.0. The van der Waals surface area contributed by atoms with Gasteiger partial charge < -0.3 is 14.8 Å². The fourth-order valence-corrected chi connectivity index (χ4v) is 2.73. The van der Waals surface area contributed by atoms with Gasteiger partial charge in [-0.25, -0.2) is 9.98 Å². The Bertz CT molecular complexity index is 965. The molecule has 3 rings (SSSR count). The first-order chi connectivity index (χ1) is 14.0. The molecule has 150 valence electrons. The van der Waals surface area contributed by atoms with Gasteiger partial charge in [-0.2, -0.15) is 4.99 Å². The number of rotatable bonds is 6. The standard InChI is InChI=1S/C20H21N5O4/c1-4-29-17-11-7-15(8-12-17)23-20-21-13(2)18(25(26)27)19(24-20)22-14-5-9-16(28-3)10-6-14/h5-12,18H,4H2,1-3H3,(H,22,23,24)/t18-/m1/s1. The van der Waals surface area contributed by atoms with Gasteiger partial charge in [-0.1, -0.05) is 0 Å². The van der Waals surface area contributed by atoms with Gasteiger partial charge in [0.15, 0.2) is 5.84 Å². The van der Waals surface area contributed by atoms with Gasteiger partial charge in [0.2, 0.25) is 0 Å². The first-order valence-corrected chi connectivity index (χ1v) is 9.00. The monoisotopic (exact) mass is 395 g/mol. The van der Waals surface area contributed by atoms with Crippen LogP contribution in [-0.2, 0) is 0 Å². The van der Waals surface area contributed by atoms with Crippen molar-refractivity contribution >= 4 is 28.9 Å². The van der Waals surface area contributed by atoms with E-state index >= 15 is 0 Å². The molecule has 1 aliphatic rings. The topological polar surface area (TPSA) is 111 Å². The van der Waals surface area contributed by atoms with Gasteiger partial charge in [0.05, 0.1) is 19.4 Å². The van der Waals surface area contributed by atoms with Crippen molar-refractivity contribution in [1.82, 2.24) is 0 Å². The van der Waals surface area contributed by atoms with Crippen LogP contribution in [0.4, 0.5) is 11.4 Å². The molecule has 1 atom stereocenters. The molecule has 1 N–H and O–H groups in total. The van der Waals surface area contributed by atoms with E-state index in [9.17, 15) is 10.1 Å². The molecule has 9 heteroatoms. The lowest BCUT2D eigenvalue weighted by atomic mass is 10.1. The number of guanidine groups is 1. The highest BCUT2D eigenvalue weighted by Crippen LogP contribution is 2.21. The van der Waals surface area contributed by atoms with Gasteiger partial charge in [0, 0.05) is 10.6 Å². The molecule has 9 nitrogen and oxygen atoms in total. The highest BCUT2D eigenvalue weighted by Gasteiger charge is 2.34. The molecule has 0 saturated carbocycles. The molecule has 0 radical (unpaired) electrons. The Morgan fingerprint density at radius 2 is 1.76 bits per heavy atom. The van der Waals surface area contributed by atoms with Crippen LogP contribution in [-0.4, -0.2) is 42.2 Å². The lowest BCUT2D eigenvalue weighted by molar-refractivity contribution is -0.484. The zero-order valence-corrected chi connectivity index (χ0v) is 16.3. The van der Waals surface area contributed by atoms with Crippen LogP contribution in [0, 0.1) is 10.1 Å². The molecule has 1 heterocycles. The Morgan fingerprint density at radius 3 is 2.34 bits per heavy atom. The van der Waals surface area contributed by atoms with E-state index in [1.165, 1.54) is 0 Å². The van der Waals surface area contributed by atoms with Gasteiger partial charge in [0.1, 0.15) is 17.2 Å². The number of hydrogen-bond acceptors (Lipinski definition) is 6. The summed E-state index contributed by atoms with van der Waals surface area (Å²) < 4.78 is 10.5. The van der Waals surface area contributed by atoms with E-state index in [-0.39, 0.29) is 11.8 Å². The normalized spacial score (nSPS) is 17.3. The van der Waals surface area contributed by atoms with E-state index in [2.05, 4.69) is 20.3 Å². The third-order valence-corrected chi connectivity index (χ3v) is 4.10. The lowest BCUT2D eigenvalue weighted by Crippen LogP contribution is -2.43. The highest BCUT2D eigenvalue weighted by atomic mass is 16.6. The van der Waals surface area contributed by atoms with Gasteiger partial charge >= 0.3 is 6.04 Å². The molecule has 0 bridgehead atoms. The Labute approximate surface area is 168 Å². The summed E-state index contributed by atoms with van der Waals surface area (Å²) in [6.45, 7) is 4.07. The minimum Gasteiger partial charge on any atom is -0.497 e. The quantitative estimate of drug-likeness (QED) is 0.592. The van der Waals surface area contributed by atoms with E-state index in [1.807, 2.05) is 6.92 Å². The minimum atomic E-state index is -1.17. The maximum atomic E-state index is 11.6. The zero-order valence-electron chi connectivity index (χ0n) is 16.3. The number of nitrogens with zero attached hydrogens (tertiary/aromatic N) is 4. The van der Waals surface area contributed by atoms with Crippen molar-refractivity contribution in [3.63, 3.8) is 0 Å². The van der Waals surface area contributed by atoms with Crippen LogP contribution in [0.1, 0.15) is 13.8 Å². The second-order valence-corrected chi connectivity index (χ2v) is 6.13. The predicted molar refractivity (Wildman–Crippen MR) is 113 cm³/mol. The van der Waals surface area contributed by atoms with Crippen molar-refractivity contribution in [2.24, 2.45) is 15.0 Å². The largest absolute Gasteiger partial charge is 0.497 e. The molecule has 0 aromatic heterocycles. The second kappa shape index (κ2) is 8.96. The highest BCUT2D eigenvalue weighted by molar-refractivity contribution is 6.22. The molecule has 0 saturated heterocycles. The SMILES string of the molecule is CCOc1ccc(N=C2N=C(C)[C@@H]([N+](=O)[O-])C(Nc3ccc(OC)cc3)=N2)cc1. The summed E-state index contributed by atoms with van der Waals surface area (Å²) in [5.74, 6) is 1.71. The van der Waals surface area contributed by atoms with E-state index in [1.54, 1.807) is 62.6 Å². The molecule has 0 aliphatic carbocycles. The number of benzene rings is 2. The molecule has 29 heavy (non-hydrogen) atoms. The summed E-state index contributed by atoms with van der Waals surface area (Å²) >= 11 is 0. The van der Waals surface area contributed by atoms with Gasteiger partial charge in [-0.15, -0.1) is 0 Å². The lowest BCUT2D eigenvalue weighted by Gasteiger charge is -2.18. The maximum Gasteiger partial charge on any atom is 0.307 e. The Kier molecular flexibility index (Phi) is 6.18. The summed E-state index contributed by atoms with van der Waals surface area (Å²) in [7, 11) is 1.57. The first kappa shape index (κ1) is 20.0. The molecule has 0 amide bonds. The fourth-order valence-electron chi connectivity index (χ4n) is 2.73. The predicted octanol–water partition coefficient (Wildman–Crippen LogP) is 3.71. The smallest absolute Gasteiger partial charge is 0.307 e. The van der Waals surface area contributed by atoms with Crippen molar-refractivity contribution in [1.29, 1.82) is 0 Å². The van der Waals surface area contributed by atoms with Crippen molar-refractivity contribution in [3.05, 3.63) is 58.6 Å². The molecular formula is C20H21N5O4. The van der Waals surface area contributed by atoms with E-state index in [0.717, 1.165) is 5.75 Å². The number of amidine groups is 1. The van der Waals surface area contributed by atoms with Gasteiger partial charge in [-0.3, -0.25) is 10.1 Å². The number of hydrogen-bond donors (Lipinski definition) is 1. The molecule has 1 aliphatic heterocycles. The van der Waals surface area contributed by atoms with Crippen LogP contribution in [0.25, 0.3) is 0 Å². The molecule has 2 aromatic rings. The van der Waals surface area contributed by atoms with E-state index in [0.29, 0.717) is 29.4 Å². The first-order valence-electron chi connectivity index (χ1n) is 9.00. The van der Waals surface area contributed by atoms with Gasteiger partial charge in [0.25, 0.3) is 5.96 Å². The Balaban J connectivity index is 1.90. The van der Waals surface area contributed by atoms with E-state index < -0.39 is 11.0 Å². The number of methoxy groups -OCH3 is 1. The number of anilines is 1. The van der Waals surface area contributed by atoms with Crippen molar-refractivity contribution < 1.29 is 14.4 Å². The second-order valence-electron chi connectivity index (χ2n) is 6.13. The average molecular weight is 395 g/mol. The summed E-state index contributed by atoms with van der Waals surface area (Å²) in [5, 5.41) is 14.6. The van der Waals surface area contributed by atoms with Crippen LogP contribution in [0.5, 0.6) is 11.5 Å². The van der Waals surface area contributed by atoms with Crippen molar-refractivity contribution in [2.45, 2.75) is 19.9 Å². The number of nitro groups is 1. The number of aliphatic imine (C=N–C) groups is 3. The van der Waals surface area contributed by atoms with Crippen LogP contribution in [0.2, 0.25) is 0 Å². The Hall–Kier alpha value is -3.75. The Morgan fingerprint density at radius 1 is 1.10 bits per heavy atom. The van der Waals surface area contributed by atoms with Crippen molar-refractivity contribution in [2.75, 3.05) is 19.0 Å². The third kappa shape index (κ3) is 4.95. The van der Waals surface area contributed by atoms with Crippen LogP contribution >= 0.6 is 0 Å². The molecule has 2 aromatic carbocycles. The zero-order chi connectivity index (χ0) is 20.8. The summed E-state index contributed by atoms with van der Waals surface area (Å²) in [4.78, 5) is 24.0. The van der Waals surface area contributed by atoms with Crippen LogP contribution in [0.15, 0.2) is 63.5 Å². The summed E-state index contributed by atoms with van der Waals surface area (Å²) in [6.07, 6.45) is 0. The average Bonchev–Trinajstić information content (AvgIpc) is 2.70. The summed E-state index contributed by atoms with van der Waals surface area (Å²) in [5.41, 5.74) is 1.56. The number of nitrogens with one attached hydrogen (secondary N) is 1. The molecular weight excluding hydrogens is 374 g/mol. The third-order valence-electron chi connectivity index (χ3n) is 4.10. The van der Waals surface area contributed by atoms with E-state index in [4.69, 9.17) is 9.47 Å². The number of ether oxygens (including phenoxy) is 2. The van der Waals surface area contributed by atoms with Crippen LogP contribution < -0.4 is 14.8 Å². The molecule has 0 spiro atoms. The minimum absolute atomic E-state index is 0.140. The molecule has 0 unspecified atom stereocenters. The van der Waals surface area contributed by atoms with Crippen LogP contribution in [0.3, 0.4) is 0 Å². The molecule has 0 fully saturated rings. The fraction of sp³-hybridized carbons (Fsp3) is 0.250. The maximum absolute atomic E-state index is 11.6.